The molecule has 0 amide bonds. The summed E-state index contributed by atoms with van der Waals surface area (Å²) in [5.41, 5.74) is -11.6. The van der Waals surface area contributed by atoms with E-state index in [1.54, 1.807) is 0 Å². The van der Waals surface area contributed by atoms with E-state index in [4.69, 9.17) is 20.6 Å². The van der Waals surface area contributed by atoms with Gasteiger partial charge >= 0.3 is 0 Å². The van der Waals surface area contributed by atoms with Gasteiger partial charge in [-0.2, -0.15) is 0 Å². The average molecular weight is 613 g/mol. The second-order valence-corrected chi connectivity index (χ2v) is 10.3. The van der Waals surface area contributed by atoms with Crippen LogP contribution >= 0.6 is 0 Å². The molecule has 214 valence electrons. The van der Waals surface area contributed by atoms with Crippen molar-refractivity contribution >= 4 is 76.2 Å². The predicted octanol–water partition coefficient (Wildman–Crippen LogP) is 7.09. The SMILES string of the molecule is [2H]c1c([2H])c([2H])c2c(c1[2H])c(=O)c1c([2H])c(-c3c([2H])c([2H])c4c(=O)c5c([2H])c([2H])c([2H])c6c(=O)c7c([2H])c([2H])c([2H])c([2H])c7n(c4c3[2H])c65)c([2H])c3c(=O)c4c([2H])c([2H])c([2H])c([2H])c4n2c13. The summed E-state index contributed by atoms with van der Waals surface area (Å²) in [6.45, 7) is 0. The Labute approximate surface area is 286 Å². The van der Waals surface area contributed by atoms with Crippen LogP contribution in [-0.4, -0.2) is 8.80 Å². The highest BCUT2D eigenvalue weighted by molar-refractivity contribution is 6.11. The molecule has 0 unspecified atom stereocenters. The summed E-state index contributed by atoms with van der Waals surface area (Å²) in [7, 11) is 0. The lowest BCUT2D eigenvalue weighted by Crippen LogP contribution is -2.14. The molecule has 6 nitrogen and oxygen atoms in total. The van der Waals surface area contributed by atoms with Crippen LogP contribution in [0.5, 0.6) is 0 Å². The molecule has 0 saturated heterocycles. The van der Waals surface area contributed by atoms with Crippen molar-refractivity contribution in [2.24, 2.45) is 0 Å². The first-order chi connectivity index (χ1) is 30.9. The van der Waals surface area contributed by atoms with Gasteiger partial charge in [-0.05, 0) is 83.6 Å². The molecule has 0 radical (unpaired) electrons. The summed E-state index contributed by atoms with van der Waals surface area (Å²) >= 11 is 0. The molecular weight excluding hydrogens is 572 g/mol. The molecule has 0 fully saturated rings. The maximum Gasteiger partial charge on any atom is 0.197 e. The number of aromatic nitrogens is 2. The lowest BCUT2D eigenvalue weighted by molar-refractivity contribution is 1.30. The van der Waals surface area contributed by atoms with Gasteiger partial charge in [-0.25, -0.2) is 0 Å². The fraction of sp³-hybridized carbons (Fsp3) is 0. The van der Waals surface area contributed by atoms with Gasteiger partial charge in [-0.3, -0.25) is 19.2 Å². The van der Waals surface area contributed by atoms with E-state index in [2.05, 4.69) is 0 Å². The van der Waals surface area contributed by atoms with Crippen molar-refractivity contribution < 1.29 is 27.4 Å². The third-order valence-corrected chi connectivity index (χ3v) is 8.03. The van der Waals surface area contributed by atoms with E-state index in [1.165, 1.54) is 0 Å². The Hall–Kier alpha value is -6.40. The Morgan fingerprint density at radius 2 is 0.739 bits per heavy atom. The van der Waals surface area contributed by atoms with E-state index >= 15 is 0 Å². The number of fused-ring (bicyclic) bond motifs is 8. The Bertz CT molecular complexity index is 4230. The van der Waals surface area contributed by atoms with Gasteiger partial charge in [0.1, 0.15) is 0 Å². The molecule has 0 aliphatic heterocycles. The lowest BCUT2D eigenvalue weighted by atomic mass is 9.96. The molecule has 0 N–H and O–H groups in total. The number of hydrogen-bond acceptors (Lipinski definition) is 4. The van der Waals surface area contributed by atoms with Gasteiger partial charge in [-0.1, -0.05) is 48.3 Å². The topological polar surface area (TPSA) is 77.1 Å². The Balaban J connectivity index is 1.58. The summed E-state index contributed by atoms with van der Waals surface area (Å²) in [5.74, 6) is 0. The van der Waals surface area contributed by atoms with Crippen LogP contribution in [0.4, 0.5) is 0 Å². The van der Waals surface area contributed by atoms with Crippen molar-refractivity contribution in [2.75, 3.05) is 0 Å². The van der Waals surface area contributed by atoms with E-state index in [-0.39, 0.29) is 0 Å². The average Bonchev–Trinajstić information content (AvgIpc) is 3.27. The van der Waals surface area contributed by atoms with Crippen LogP contribution in [0.15, 0.2) is 140 Å². The maximum atomic E-state index is 14.8. The van der Waals surface area contributed by atoms with Crippen molar-refractivity contribution in [1.82, 2.24) is 8.80 Å². The van der Waals surface area contributed by atoms with E-state index in [0.29, 0.717) is 0 Å². The molecule has 0 saturated carbocycles. The normalized spacial score (nSPS) is 18.3. The number of pyridine rings is 4. The van der Waals surface area contributed by atoms with E-state index in [9.17, 15) is 26.0 Å². The van der Waals surface area contributed by atoms with Gasteiger partial charge in [-0.15, -0.1) is 0 Å². The molecular formula is C40H20N2O4. The second-order valence-electron chi connectivity index (χ2n) is 10.3. The van der Waals surface area contributed by atoms with Crippen LogP contribution < -0.4 is 21.7 Å². The molecule has 46 heavy (non-hydrogen) atoms. The summed E-state index contributed by atoms with van der Waals surface area (Å²) in [6, 6.07) is -19.6. The van der Waals surface area contributed by atoms with Crippen LogP contribution in [-0.2, 0) is 0 Å². The lowest BCUT2D eigenvalue weighted by Gasteiger charge is -2.17. The van der Waals surface area contributed by atoms with Gasteiger partial charge in [0.15, 0.2) is 21.7 Å². The van der Waals surface area contributed by atoms with Crippen molar-refractivity contribution in [3.05, 3.63) is 162 Å². The van der Waals surface area contributed by atoms with E-state index in [0.717, 1.165) is 8.80 Å². The molecule has 0 spiro atoms. The largest absolute Gasteiger partial charge is 0.308 e. The molecule has 0 bridgehead atoms. The third kappa shape index (κ3) is 3.00. The first-order valence-electron chi connectivity index (χ1n) is 23.4. The highest BCUT2D eigenvalue weighted by atomic mass is 16.1. The smallest absolute Gasteiger partial charge is 0.197 e. The Kier molecular flexibility index (Phi) is 2.35. The summed E-state index contributed by atoms with van der Waals surface area (Å²) in [4.78, 5) is 58.4. The number of para-hydroxylation sites is 4. The Morgan fingerprint density at radius 3 is 1.26 bits per heavy atom. The van der Waals surface area contributed by atoms with Gasteiger partial charge in [0.2, 0.25) is 0 Å². The van der Waals surface area contributed by atoms with Crippen molar-refractivity contribution in [1.29, 1.82) is 0 Å². The van der Waals surface area contributed by atoms with Crippen LogP contribution in [0.25, 0.3) is 87.3 Å². The minimum Gasteiger partial charge on any atom is -0.308 e. The van der Waals surface area contributed by atoms with Gasteiger partial charge < -0.3 is 8.80 Å². The number of hydrogen-bond donors (Lipinski definition) is 0. The van der Waals surface area contributed by atoms with E-state index in [1.807, 2.05) is 0 Å². The highest BCUT2D eigenvalue weighted by Gasteiger charge is 2.20. The maximum absolute atomic E-state index is 14.8. The zero-order chi connectivity index (χ0) is 48.2. The van der Waals surface area contributed by atoms with Crippen molar-refractivity contribution in [3.8, 4) is 11.1 Å². The quantitative estimate of drug-likeness (QED) is 0.146. The van der Waals surface area contributed by atoms with Crippen molar-refractivity contribution in [2.45, 2.75) is 0 Å². The molecule has 4 aromatic heterocycles. The summed E-state index contributed by atoms with van der Waals surface area (Å²) in [5, 5.41) is -6.78. The van der Waals surface area contributed by atoms with Crippen LogP contribution in [0, 0.1) is 0 Å². The molecule has 4 heterocycles. The second kappa shape index (κ2) is 8.61. The van der Waals surface area contributed by atoms with Crippen LogP contribution in [0.3, 0.4) is 0 Å². The molecule has 0 aliphatic rings. The Morgan fingerprint density at radius 1 is 0.348 bits per heavy atom. The van der Waals surface area contributed by atoms with Crippen molar-refractivity contribution in [3.63, 3.8) is 0 Å². The summed E-state index contributed by atoms with van der Waals surface area (Å²) < 4.78 is 178. The van der Waals surface area contributed by atoms with Gasteiger partial charge in [0.25, 0.3) is 0 Å². The minimum atomic E-state index is -1.36. The highest BCUT2D eigenvalue weighted by Crippen LogP contribution is 2.34. The number of rotatable bonds is 1. The van der Waals surface area contributed by atoms with E-state index < -0.39 is 230 Å². The zero-order valence-electron chi connectivity index (χ0n) is 42.5. The summed E-state index contributed by atoms with van der Waals surface area (Å²) in [6.07, 6.45) is 0. The molecule has 10 rings (SSSR count). The first kappa shape index (κ1) is 12.5. The van der Waals surface area contributed by atoms with Crippen LogP contribution in [0.1, 0.15) is 27.4 Å². The number of nitrogens with zero attached hydrogens (tertiary/aromatic N) is 2. The van der Waals surface area contributed by atoms with Crippen LogP contribution in [0.2, 0.25) is 0 Å². The number of benzene rings is 6. The standard InChI is InChI=1S/C40H20N2O4/c43-37-23-8-1-6-15-33(23)42-34-20-21(16-17-26(34)38(44)28-12-7-11-27(37)35(28)42)22-18-29-36-30(19-22)40(46)25-10-3-5-14-32(25)41(36)31-13-4-2-9-24(31)39(29)45/h1-20H/i1D,2D,3D,4D,5D,6D,7D,8D,9D,10D,11D,12D,13D,14D,15D,16D,17D,18D,19D,20D. The molecule has 6 aromatic carbocycles. The zero-order valence-corrected chi connectivity index (χ0v) is 22.5. The minimum absolute atomic E-state index is 0.687. The molecule has 6 heteroatoms. The van der Waals surface area contributed by atoms with Gasteiger partial charge in [0, 0.05) is 43.1 Å². The fourth-order valence-electron chi connectivity index (χ4n) is 6.09. The molecule has 0 atom stereocenters. The third-order valence-electron chi connectivity index (χ3n) is 8.03. The predicted molar refractivity (Wildman–Crippen MR) is 186 cm³/mol. The monoisotopic (exact) mass is 612 g/mol. The van der Waals surface area contributed by atoms with Gasteiger partial charge in [0.05, 0.1) is 60.5 Å². The molecule has 0 aliphatic carbocycles. The molecule has 10 aromatic rings. The fourth-order valence-corrected chi connectivity index (χ4v) is 6.09. The first-order valence-corrected chi connectivity index (χ1v) is 13.4.